The Labute approximate surface area is 124 Å². The maximum Gasteiger partial charge on any atom is 0.324 e. The quantitative estimate of drug-likeness (QED) is 0.695. The SMILES string of the molecule is CCCC1CCN(CC(NC(C)C)C(=O)OCC)CC1. The molecule has 118 valence electrons. The van der Waals surface area contributed by atoms with Crippen molar-refractivity contribution in [3.05, 3.63) is 0 Å². The Morgan fingerprint density at radius 1 is 1.30 bits per heavy atom. The van der Waals surface area contributed by atoms with Gasteiger partial charge in [0.2, 0.25) is 0 Å². The third kappa shape index (κ3) is 6.23. The normalized spacial score (nSPS) is 19.2. The zero-order valence-corrected chi connectivity index (χ0v) is 13.7. The fourth-order valence-corrected chi connectivity index (χ4v) is 2.96. The molecule has 1 unspecified atom stereocenters. The van der Waals surface area contributed by atoms with Crippen molar-refractivity contribution in [1.29, 1.82) is 0 Å². The Balaban J connectivity index is 2.43. The molecule has 1 saturated heterocycles. The van der Waals surface area contributed by atoms with Gasteiger partial charge in [0.25, 0.3) is 0 Å². The van der Waals surface area contributed by atoms with Crippen molar-refractivity contribution in [2.75, 3.05) is 26.2 Å². The summed E-state index contributed by atoms with van der Waals surface area (Å²) >= 11 is 0. The number of esters is 1. The zero-order valence-electron chi connectivity index (χ0n) is 13.7. The van der Waals surface area contributed by atoms with Gasteiger partial charge in [-0.15, -0.1) is 0 Å². The van der Waals surface area contributed by atoms with Crippen LogP contribution in [-0.2, 0) is 9.53 Å². The van der Waals surface area contributed by atoms with Gasteiger partial charge in [-0.05, 0) is 38.8 Å². The lowest BCUT2D eigenvalue weighted by Gasteiger charge is -2.34. The molecule has 0 saturated carbocycles. The van der Waals surface area contributed by atoms with E-state index in [2.05, 4.69) is 31.0 Å². The molecular formula is C16H32N2O2. The van der Waals surface area contributed by atoms with Gasteiger partial charge in [-0.2, -0.15) is 0 Å². The predicted octanol–water partition coefficient (Wildman–Crippen LogP) is 2.43. The van der Waals surface area contributed by atoms with Crippen molar-refractivity contribution in [2.24, 2.45) is 5.92 Å². The smallest absolute Gasteiger partial charge is 0.324 e. The molecule has 20 heavy (non-hydrogen) atoms. The maximum atomic E-state index is 12.0. The lowest BCUT2D eigenvalue weighted by atomic mass is 9.92. The monoisotopic (exact) mass is 284 g/mol. The van der Waals surface area contributed by atoms with Gasteiger partial charge in [0.1, 0.15) is 6.04 Å². The second-order valence-electron chi connectivity index (χ2n) is 6.16. The number of carbonyl (C=O) groups is 1. The number of carbonyl (C=O) groups excluding carboxylic acids is 1. The van der Waals surface area contributed by atoms with Crippen molar-refractivity contribution < 1.29 is 9.53 Å². The zero-order chi connectivity index (χ0) is 15.0. The van der Waals surface area contributed by atoms with Crippen LogP contribution in [0.25, 0.3) is 0 Å². The minimum absolute atomic E-state index is 0.114. The van der Waals surface area contributed by atoms with Crippen LogP contribution < -0.4 is 5.32 Å². The summed E-state index contributed by atoms with van der Waals surface area (Å²) in [6.45, 7) is 11.7. The molecule has 0 spiro atoms. The Kier molecular flexibility index (Phi) is 8.15. The van der Waals surface area contributed by atoms with E-state index in [0.29, 0.717) is 12.6 Å². The number of hydrogen-bond donors (Lipinski definition) is 1. The Bertz CT molecular complexity index is 274. The molecule has 1 N–H and O–H groups in total. The van der Waals surface area contributed by atoms with Crippen LogP contribution in [-0.4, -0.2) is 49.2 Å². The van der Waals surface area contributed by atoms with Crippen LogP contribution in [0.4, 0.5) is 0 Å². The van der Waals surface area contributed by atoms with E-state index in [1.165, 1.54) is 25.7 Å². The highest BCUT2D eigenvalue weighted by molar-refractivity contribution is 5.76. The lowest BCUT2D eigenvalue weighted by Crippen LogP contribution is -2.50. The number of piperidine rings is 1. The van der Waals surface area contributed by atoms with Gasteiger partial charge in [-0.1, -0.05) is 33.6 Å². The molecule has 1 heterocycles. The minimum Gasteiger partial charge on any atom is -0.465 e. The summed E-state index contributed by atoms with van der Waals surface area (Å²) in [5.74, 6) is 0.771. The summed E-state index contributed by atoms with van der Waals surface area (Å²) in [4.78, 5) is 14.4. The van der Waals surface area contributed by atoms with E-state index in [9.17, 15) is 4.79 Å². The molecule has 0 aromatic carbocycles. The average molecular weight is 284 g/mol. The van der Waals surface area contributed by atoms with Crippen LogP contribution in [0.2, 0.25) is 0 Å². The third-order valence-corrected chi connectivity index (χ3v) is 3.95. The number of rotatable bonds is 8. The first-order valence-electron chi connectivity index (χ1n) is 8.21. The summed E-state index contributed by atoms with van der Waals surface area (Å²) in [6, 6.07) is 0.0970. The number of ether oxygens (including phenoxy) is 1. The summed E-state index contributed by atoms with van der Waals surface area (Å²) in [5, 5.41) is 3.33. The summed E-state index contributed by atoms with van der Waals surface area (Å²) in [5.41, 5.74) is 0. The molecule has 1 atom stereocenters. The lowest BCUT2D eigenvalue weighted by molar-refractivity contribution is -0.146. The molecule has 4 nitrogen and oxygen atoms in total. The molecule has 1 fully saturated rings. The summed E-state index contributed by atoms with van der Waals surface area (Å²) in [7, 11) is 0. The summed E-state index contributed by atoms with van der Waals surface area (Å²) in [6.07, 6.45) is 5.17. The van der Waals surface area contributed by atoms with E-state index < -0.39 is 0 Å². The average Bonchev–Trinajstić information content (AvgIpc) is 2.40. The Morgan fingerprint density at radius 2 is 1.95 bits per heavy atom. The molecule has 1 rings (SSSR count). The van der Waals surface area contributed by atoms with Crippen LogP contribution in [0.5, 0.6) is 0 Å². The molecule has 0 aliphatic carbocycles. The van der Waals surface area contributed by atoms with Crippen LogP contribution in [0, 0.1) is 5.92 Å². The van der Waals surface area contributed by atoms with Gasteiger partial charge >= 0.3 is 5.97 Å². The molecule has 4 heteroatoms. The molecule has 0 aromatic rings. The second-order valence-corrected chi connectivity index (χ2v) is 6.16. The van der Waals surface area contributed by atoms with Crippen LogP contribution in [0.15, 0.2) is 0 Å². The predicted molar refractivity (Wildman–Crippen MR) is 82.8 cm³/mol. The van der Waals surface area contributed by atoms with E-state index in [1.54, 1.807) is 0 Å². The third-order valence-electron chi connectivity index (χ3n) is 3.95. The van der Waals surface area contributed by atoms with Crippen molar-refractivity contribution in [1.82, 2.24) is 10.2 Å². The molecule has 0 bridgehead atoms. The summed E-state index contributed by atoms with van der Waals surface area (Å²) < 4.78 is 5.18. The standard InChI is InChI=1S/C16H32N2O2/c1-5-7-14-8-10-18(11-9-14)12-15(17-13(3)4)16(19)20-6-2/h13-15,17H,5-12H2,1-4H3. The molecule has 1 aliphatic rings. The molecular weight excluding hydrogens is 252 g/mol. The van der Waals surface area contributed by atoms with Crippen molar-refractivity contribution in [3.8, 4) is 0 Å². The van der Waals surface area contributed by atoms with Crippen LogP contribution in [0.1, 0.15) is 53.4 Å². The second kappa shape index (κ2) is 9.35. The van der Waals surface area contributed by atoms with E-state index in [-0.39, 0.29) is 12.0 Å². The fourth-order valence-electron chi connectivity index (χ4n) is 2.96. The molecule has 0 amide bonds. The van der Waals surface area contributed by atoms with E-state index in [0.717, 1.165) is 25.6 Å². The fraction of sp³-hybridized carbons (Fsp3) is 0.938. The van der Waals surface area contributed by atoms with Crippen LogP contribution in [0.3, 0.4) is 0 Å². The number of nitrogens with zero attached hydrogens (tertiary/aromatic N) is 1. The van der Waals surface area contributed by atoms with Gasteiger partial charge in [-0.3, -0.25) is 4.79 Å². The number of likely N-dealkylation sites (tertiary alicyclic amines) is 1. The van der Waals surface area contributed by atoms with Crippen molar-refractivity contribution in [2.45, 2.75) is 65.5 Å². The van der Waals surface area contributed by atoms with Gasteiger partial charge in [0.15, 0.2) is 0 Å². The van der Waals surface area contributed by atoms with Crippen LogP contribution >= 0.6 is 0 Å². The number of nitrogens with one attached hydrogen (secondary N) is 1. The molecule has 0 aromatic heterocycles. The Morgan fingerprint density at radius 3 is 2.45 bits per heavy atom. The number of hydrogen-bond acceptors (Lipinski definition) is 4. The Hall–Kier alpha value is -0.610. The maximum absolute atomic E-state index is 12.0. The van der Waals surface area contributed by atoms with E-state index in [4.69, 9.17) is 4.74 Å². The minimum atomic E-state index is -0.197. The van der Waals surface area contributed by atoms with Gasteiger partial charge < -0.3 is 15.0 Å². The first-order chi connectivity index (χ1) is 9.56. The van der Waals surface area contributed by atoms with Crippen molar-refractivity contribution in [3.63, 3.8) is 0 Å². The highest BCUT2D eigenvalue weighted by atomic mass is 16.5. The van der Waals surface area contributed by atoms with Gasteiger partial charge in [0, 0.05) is 12.6 Å². The van der Waals surface area contributed by atoms with Gasteiger partial charge in [0.05, 0.1) is 6.61 Å². The largest absolute Gasteiger partial charge is 0.465 e. The van der Waals surface area contributed by atoms with Crippen molar-refractivity contribution >= 4 is 5.97 Å². The highest BCUT2D eigenvalue weighted by Crippen LogP contribution is 2.21. The molecule has 1 aliphatic heterocycles. The first kappa shape index (κ1) is 17.4. The topological polar surface area (TPSA) is 41.6 Å². The molecule has 0 radical (unpaired) electrons. The van der Waals surface area contributed by atoms with E-state index in [1.807, 2.05) is 6.92 Å². The van der Waals surface area contributed by atoms with Gasteiger partial charge in [-0.25, -0.2) is 0 Å². The highest BCUT2D eigenvalue weighted by Gasteiger charge is 2.26. The first-order valence-corrected chi connectivity index (χ1v) is 8.21. The van der Waals surface area contributed by atoms with E-state index >= 15 is 0 Å².